The second-order valence-electron chi connectivity index (χ2n) is 6.64. The highest BCUT2D eigenvalue weighted by Crippen LogP contribution is 2.20. The van der Waals surface area contributed by atoms with Crippen LogP contribution in [0.1, 0.15) is 11.1 Å². The van der Waals surface area contributed by atoms with Crippen LogP contribution in [0, 0.1) is 0 Å². The number of nitrogens with one attached hydrogen (secondary N) is 1. The number of benzene rings is 4. The van der Waals surface area contributed by atoms with Crippen LogP contribution in [-0.2, 0) is 6.42 Å². The largest absolute Gasteiger partial charge is 0.278 e. The highest BCUT2D eigenvalue weighted by molar-refractivity contribution is 6.02. The fourth-order valence-electron chi connectivity index (χ4n) is 3.13. The van der Waals surface area contributed by atoms with Crippen LogP contribution < -0.4 is 5.43 Å². The summed E-state index contributed by atoms with van der Waals surface area (Å²) in [6, 6.07) is 39.5. The van der Waals surface area contributed by atoms with E-state index < -0.39 is 0 Å². The lowest BCUT2D eigenvalue weighted by molar-refractivity contribution is 1.25. The normalized spacial score (nSPS) is 11.2. The molecule has 0 unspecified atom stereocenters. The third-order valence-electron chi connectivity index (χ3n) is 4.63. The van der Waals surface area contributed by atoms with Crippen molar-refractivity contribution < 1.29 is 0 Å². The van der Waals surface area contributed by atoms with Gasteiger partial charge in [0.1, 0.15) is 0 Å². The molecule has 4 rings (SSSR count). The van der Waals surface area contributed by atoms with Crippen LogP contribution >= 0.6 is 0 Å². The summed E-state index contributed by atoms with van der Waals surface area (Å²) < 4.78 is 0. The van der Waals surface area contributed by atoms with Crippen LogP contribution in [0.4, 0.5) is 5.69 Å². The molecule has 0 saturated carbocycles. The first-order valence-corrected chi connectivity index (χ1v) is 9.46. The molecule has 0 aliphatic heterocycles. The molecule has 0 amide bonds. The first-order chi connectivity index (χ1) is 13.9. The molecule has 28 heavy (non-hydrogen) atoms. The standard InChI is InChI=1S/C26H22N2/c1-4-10-21(11-5-1)20-26(28-27-25-14-8-3-9-15-25)24-18-16-23(17-19-24)22-12-6-2-7-13-22/h1-19,27H,20H2/b28-26+. The van der Waals surface area contributed by atoms with Gasteiger partial charge >= 0.3 is 0 Å². The van der Waals surface area contributed by atoms with Gasteiger partial charge in [0.05, 0.1) is 11.4 Å². The molecule has 0 aliphatic carbocycles. The maximum atomic E-state index is 4.73. The first kappa shape index (κ1) is 17.7. The molecule has 0 fully saturated rings. The molecule has 2 nitrogen and oxygen atoms in total. The summed E-state index contributed by atoms with van der Waals surface area (Å²) in [5.41, 5.74) is 9.97. The summed E-state index contributed by atoms with van der Waals surface area (Å²) in [4.78, 5) is 0. The fourth-order valence-corrected chi connectivity index (χ4v) is 3.13. The Labute approximate surface area is 166 Å². The van der Waals surface area contributed by atoms with Crippen molar-refractivity contribution in [3.63, 3.8) is 0 Å². The summed E-state index contributed by atoms with van der Waals surface area (Å²) in [5.74, 6) is 0. The minimum atomic E-state index is 0.769. The Morgan fingerprint density at radius 2 is 1.11 bits per heavy atom. The Bertz CT molecular complexity index is 1020. The second kappa shape index (κ2) is 8.83. The van der Waals surface area contributed by atoms with Gasteiger partial charge in [-0.25, -0.2) is 0 Å². The predicted molar refractivity (Wildman–Crippen MR) is 119 cm³/mol. The average Bonchev–Trinajstić information content (AvgIpc) is 2.79. The van der Waals surface area contributed by atoms with Crippen molar-refractivity contribution in [1.82, 2.24) is 0 Å². The van der Waals surface area contributed by atoms with Crippen LogP contribution in [-0.4, -0.2) is 5.71 Å². The van der Waals surface area contributed by atoms with E-state index in [9.17, 15) is 0 Å². The molecule has 0 radical (unpaired) electrons. The Hall–Kier alpha value is -3.65. The number of hydrogen-bond donors (Lipinski definition) is 1. The van der Waals surface area contributed by atoms with Crippen molar-refractivity contribution in [3.05, 3.63) is 126 Å². The molecular formula is C26H22N2. The zero-order valence-electron chi connectivity index (χ0n) is 15.6. The zero-order chi connectivity index (χ0) is 19.0. The lowest BCUT2D eigenvalue weighted by Crippen LogP contribution is -2.08. The smallest absolute Gasteiger partial charge is 0.0723 e. The molecule has 2 heteroatoms. The van der Waals surface area contributed by atoms with Crippen LogP contribution in [0.15, 0.2) is 120 Å². The summed E-state index contributed by atoms with van der Waals surface area (Å²) >= 11 is 0. The van der Waals surface area contributed by atoms with Gasteiger partial charge < -0.3 is 0 Å². The average molecular weight is 362 g/mol. The number of rotatable bonds is 6. The first-order valence-electron chi connectivity index (χ1n) is 9.46. The van der Waals surface area contributed by atoms with Crippen molar-refractivity contribution in [2.75, 3.05) is 5.43 Å². The molecule has 0 bridgehead atoms. The monoisotopic (exact) mass is 362 g/mol. The van der Waals surface area contributed by atoms with Crippen LogP contribution in [0.5, 0.6) is 0 Å². The molecule has 4 aromatic rings. The lowest BCUT2D eigenvalue weighted by atomic mass is 9.99. The number of hydrazone groups is 1. The summed E-state index contributed by atoms with van der Waals surface area (Å²) in [7, 11) is 0. The van der Waals surface area contributed by atoms with E-state index in [0.717, 1.165) is 23.4 Å². The van der Waals surface area contributed by atoms with Gasteiger partial charge in [0.25, 0.3) is 0 Å². The van der Waals surface area contributed by atoms with Crippen LogP contribution in [0.25, 0.3) is 11.1 Å². The maximum absolute atomic E-state index is 4.73. The lowest BCUT2D eigenvalue weighted by Gasteiger charge is -2.10. The van der Waals surface area contributed by atoms with E-state index in [4.69, 9.17) is 5.10 Å². The van der Waals surface area contributed by atoms with Crippen molar-refractivity contribution >= 4 is 11.4 Å². The van der Waals surface area contributed by atoms with Crippen molar-refractivity contribution in [2.24, 2.45) is 5.10 Å². The van der Waals surface area contributed by atoms with Crippen molar-refractivity contribution in [1.29, 1.82) is 0 Å². The topological polar surface area (TPSA) is 24.4 Å². The molecule has 4 aromatic carbocycles. The summed E-state index contributed by atoms with van der Waals surface area (Å²) in [6.45, 7) is 0. The molecule has 1 N–H and O–H groups in total. The van der Waals surface area contributed by atoms with Gasteiger partial charge in [-0.05, 0) is 34.4 Å². The Kier molecular flexibility index (Phi) is 5.60. The minimum absolute atomic E-state index is 0.769. The van der Waals surface area contributed by atoms with E-state index in [-0.39, 0.29) is 0 Å². The van der Waals surface area contributed by atoms with Gasteiger partial charge in [-0.15, -0.1) is 0 Å². The van der Waals surface area contributed by atoms with Crippen molar-refractivity contribution in [3.8, 4) is 11.1 Å². The van der Waals surface area contributed by atoms with Gasteiger partial charge in [0, 0.05) is 6.42 Å². The predicted octanol–water partition coefficient (Wildman–Crippen LogP) is 6.41. The van der Waals surface area contributed by atoms with Crippen molar-refractivity contribution in [2.45, 2.75) is 6.42 Å². The maximum Gasteiger partial charge on any atom is 0.0723 e. The minimum Gasteiger partial charge on any atom is -0.278 e. The molecular weight excluding hydrogens is 340 g/mol. The number of nitrogens with zero attached hydrogens (tertiary/aromatic N) is 1. The second-order valence-corrected chi connectivity index (χ2v) is 6.64. The van der Waals surface area contributed by atoms with E-state index >= 15 is 0 Å². The highest BCUT2D eigenvalue weighted by Gasteiger charge is 2.07. The van der Waals surface area contributed by atoms with Gasteiger partial charge in [0.15, 0.2) is 0 Å². The Morgan fingerprint density at radius 3 is 1.75 bits per heavy atom. The van der Waals surface area contributed by atoms with Gasteiger partial charge in [-0.1, -0.05) is 103 Å². The third kappa shape index (κ3) is 4.54. The van der Waals surface area contributed by atoms with E-state index in [1.165, 1.54) is 16.7 Å². The van der Waals surface area contributed by atoms with Gasteiger partial charge in [-0.3, -0.25) is 5.43 Å². The Balaban J connectivity index is 1.62. The Morgan fingerprint density at radius 1 is 0.571 bits per heavy atom. The van der Waals surface area contributed by atoms with E-state index in [1.807, 2.05) is 42.5 Å². The van der Waals surface area contributed by atoms with Crippen LogP contribution in [0.3, 0.4) is 0 Å². The summed E-state index contributed by atoms with van der Waals surface area (Å²) in [6.07, 6.45) is 0.769. The molecule has 0 atom stereocenters. The third-order valence-corrected chi connectivity index (χ3v) is 4.63. The van der Waals surface area contributed by atoms with E-state index in [1.54, 1.807) is 0 Å². The van der Waals surface area contributed by atoms with Crippen LogP contribution in [0.2, 0.25) is 0 Å². The molecule has 0 saturated heterocycles. The molecule has 0 spiro atoms. The molecule has 0 aliphatic rings. The quantitative estimate of drug-likeness (QED) is 0.311. The summed E-state index contributed by atoms with van der Waals surface area (Å²) in [5, 5.41) is 4.73. The fraction of sp³-hybridized carbons (Fsp3) is 0.0385. The number of hydrogen-bond acceptors (Lipinski definition) is 2. The zero-order valence-corrected chi connectivity index (χ0v) is 15.6. The van der Waals surface area contributed by atoms with Gasteiger partial charge in [0.2, 0.25) is 0 Å². The molecule has 136 valence electrons. The van der Waals surface area contributed by atoms with E-state index in [0.29, 0.717) is 0 Å². The SMILES string of the molecule is c1ccc(C/C(=N\Nc2ccccc2)c2ccc(-c3ccccc3)cc2)cc1. The molecule has 0 heterocycles. The highest BCUT2D eigenvalue weighted by atomic mass is 15.3. The van der Waals surface area contributed by atoms with E-state index in [2.05, 4.69) is 78.2 Å². The molecule has 0 aromatic heterocycles. The number of para-hydroxylation sites is 1. The van der Waals surface area contributed by atoms with Gasteiger partial charge in [-0.2, -0.15) is 5.10 Å². The number of anilines is 1.